The van der Waals surface area contributed by atoms with Crippen molar-refractivity contribution in [2.75, 3.05) is 7.11 Å². The summed E-state index contributed by atoms with van der Waals surface area (Å²) in [6.07, 6.45) is 3.99. The molecule has 0 bridgehead atoms. The summed E-state index contributed by atoms with van der Waals surface area (Å²) in [5.41, 5.74) is 2.06. The minimum atomic E-state index is -0.0983. The molecule has 0 saturated heterocycles. The predicted octanol–water partition coefficient (Wildman–Crippen LogP) is 4.78. The number of benzene rings is 1. The number of methoxy groups -OCH3 is 1. The number of para-hydroxylation sites is 1. The van der Waals surface area contributed by atoms with Crippen molar-refractivity contribution in [1.29, 1.82) is 0 Å². The molecule has 1 heterocycles. The Balaban J connectivity index is 2.08. The summed E-state index contributed by atoms with van der Waals surface area (Å²) in [6.45, 7) is 5.36. The molecule has 3 rings (SSSR count). The Bertz CT molecular complexity index is 635. The summed E-state index contributed by atoms with van der Waals surface area (Å²) in [4.78, 5) is 4.76. The van der Waals surface area contributed by atoms with Gasteiger partial charge in [-0.1, -0.05) is 25.8 Å². The van der Waals surface area contributed by atoms with Crippen molar-refractivity contribution in [3.05, 3.63) is 24.0 Å². The zero-order valence-corrected chi connectivity index (χ0v) is 13.7. The Morgan fingerprint density at radius 1 is 1.43 bits per heavy atom. The number of hydrogen-bond donors (Lipinski definition) is 0. The van der Waals surface area contributed by atoms with Crippen LogP contribution >= 0.6 is 11.6 Å². The van der Waals surface area contributed by atoms with E-state index in [2.05, 4.69) is 17.6 Å². The highest BCUT2D eigenvalue weighted by atomic mass is 35.5. The Morgan fingerprint density at radius 3 is 2.86 bits per heavy atom. The largest absolute Gasteiger partial charge is 0.494 e. The van der Waals surface area contributed by atoms with Crippen LogP contribution in [0.5, 0.6) is 5.75 Å². The standard InChI is InChI=1S/C17H23ClN2O/c1-11-6-4-7-13(11)10-20-14-8-5-9-15(21-3)16(14)19-17(20)12(2)18/h5,8-9,11-13H,4,6-7,10H2,1-3H3. The molecule has 114 valence electrons. The van der Waals surface area contributed by atoms with Crippen LogP contribution in [0, 0.1) is 11.8 Å². The van der Waals surface area contributed by atoms with Gasteiger partial charge in [-0.05, 0) is 37.3 Å². The number of nitrogens with zero attached hydrogens (tertiary/aromatic N) is 2. The van der Waals surface area contributed by atoms with Gasteiger partial charge >= 0.3 is 0 Å². The highest BCUT2D eigenvalue weighted by molar-refractivity contribution is 6.20. The van der Waals surface area contributed by atoms with Crippen LogP contribution in [0.3, 0.4) is 0 Å². The summed E-state index contributed by atoms with van der Waals surface area (Å²) in [5, 5.41) is -0.0983. The fraction of sp³-hybridized carbons (Fsp3) is 0.588. The Labute approximate surface area is 131 Å². The fourth-order valence-electron chi connectivity index (χ4n) is 3.53. The number of ether oxygens (including phenoxy) is 1. The third-order valence-electron chi connectivity index (χ3n) is 4.80. The zero-order valence-electron chi connectivity index (χ0n) is 13.0. The molecule has 1 aromatic carbocycles. The maximum atomic E-state index is 6.37. The molecule has 1 aliphatic carbocycles. The Hall–Kier alpha value is -1.22. The fourth-order valence-corrected chi connectivity index (χ4v) is 3.69. The molecule has 1 fully saturated rings. The first-order valence-electron chi connectivity index (χ1n) is 7.79. The van der Waals surface area contributed by atoms with Crippen molar-refractivity contribution in [2.24, 2.45) is 11.8 Å². The van der Waals surface area contributed by atoms with Crippen molar-refractivity contribution in [2.45, 2.75) is 45.0 Å². The Morgan fingerprint density at radius 2 is 2.24 bits per heavy atom. The van der Waals surface area contributed by atoms with Gasteiger partial charge in [0.05, 0.1) is 18.0 Å². The lowest BCUT2D eigenvalue weighted by atomic mass is 9.98. The highest BCUT2D eigenvalue weighted by Crippen LogP contribution is 2.36. The van der Waals surface area contributed by atoms with Crippen molar-refractivity contribution < 1.29 is 4.74 Å². The molecule has 21 heavy (non-hydrogen) atoms. The quantitative estimate of drug-likeness (QED) is 0.760. The lowest BCUT2D eigenvalue weighted by molar-refractivity contribution is 0.363. The van der Waals surface area contributed by atoms with E-state index < -0.39 is 0 Å². The van der Waals surface area contributed by atoms with Gasteiger partial charge in [0.2, 0.25) is 0 Å². The normalized spacial score (nSPS) is 23.6. The molecule has 0 radical (unpaired) electrons. The molecule has 1 aliphatic rings. The van der Waals surface area contributed by atoms with Gasteiger partial charge in [-0.25, -0.2) is 4.98 Å². The van der Waals surface area contributed by atoms with Gasteiger partial charge in [0.15, 0.2) is 0 Å². The maximum absolute atomic E-state index is 6.37. The molecule has 3 nitrogen and oxygen atoms in total. The molecule has 0 amide bonds. The van der Waals surface area contributed by atoms with Gasteiger partial charge in [-0.15, -0.1) is 11.6 Å². The summed E-state index contributed by atoms with van der Waals surface area (Å²) < 4.78 is 7.76. The average molecular weight is 307 g/mol. The van der Waals surface area contributed by atoms with Gasteiger partial charge in [0.1, 0.15) is 17.1 Å². The lowest BCUT2D eigenvalue weighted by Crippen LogP contribution is -2.15. The van der Waals surface area contributed by atoms with Gasteiger partial charge < -0.3 is 9.30 Å². The van der Waals surface area contributed by atoms with Crippen LogP contribution in [-0.2, 0) is 6.54 Å². The second-order valence-electron chi connectivity index (χ2n) is 6.19. The second-order valence-corrected chi connectivity index (χ2v) is 6.85. The number of alkyl halides is 1. The molecule has 0 N–H and O–H groups in total. The molecule has 1 aromatic heterocycles. The molecule has 3 atom stereocenters. The van der Waals surface area contributed by atoms with E-state index in [0.29, 0.717) is 0 Å². The number of fused-ring (bicyclic) bond motifs is 1. The lowest BCUT2D eigenvalue weighted by Gasteiger charge is -2.19. The Kier molecular flexibility index (Phi) is 4.12. The van der Waals surface area contributed by atoms with Gasteiger partial charge in [0, 0.05) is 6.54 Å². The van der Waals surface area contributed by atoms with E-state index in [0.717, 1.165) is 41.0 Å². The molecular formula is C17H23ClN2O. The minimum Gasteiger partial charge on any atom is -0.494 e. The first kappa shape index (κ1) is 14.7. The molecule has 4 heteroatoms. The van der Waals surface area contributed by atoms with Gasteiger partial charge in [-0.3, -0.25) is 0 Å². The van der Waals surface area contributed by atoms with Crippen molar-refractivity contribution in [1.82, 2.24) is 9.55 Å². The minimum absolute atomic E-state index is 0.0983. The zero-order chi connectivity index (χ0) is 15.0. The van der Waals surface area contributed by atoms with Gasteiger partial charge in [0.25, 0.3) is 0 Å². The first-order chi connectivity index (χ1) is 10.1. The van der Waals surface area contributed by atoms with Crippen LogP contribution in [-0.4, -0.2) is 16.7 Å². The number of imidazole rings is 1. The van der Waals surface area contributed by atoms with Crippen LogP contribution in [0.25, 0.3) is 11.0 Å². The van der Waals surface area contributed by atoms with Crippen LogP contribution in [0.1, 0.15) is 44.3 Å². The van der Waals surface area contributed by atoms with E-state index in [1.807, 2.05) is 19.1 Å². The highest BCUT2D eigenvalue weighted by Gasteiger charge is 2.26. The molecule has 3 unspecified atom stereocenters. The summed E-state index contributed by atoms with van der Waals surface area (Å²) >= 11 is 6.37. The monoisotopic (exact) mass is 306 g/mol. The molecule has 0 aliphatic heterocycles. The number of aromatic nitrogens is 2. The predicted molar refractivity (Wildman–Crippen MR) is 87.1 cm³/mol. The summed E-state index contributed by atoms with van der Waals surface area (Å²) in [7, 11) is 1.69. The number of halogens is 1. The topological polar surface area (TPSA) is 27.1 Å². The number of hydrogen-bond acceptors (Lipinski definition) is 2. The van der Waals surface area contributed by atoms with Crippen molar-refractivity contribution in [3.8, 4) is 5.75 Å². The van der Waals surface area contributed by atoms with E-state index in [9.17, 15) is 0 Å². The van der Waals surface area contributed by atoms with Crippen LogP contribution in [0.15, 0.2) is 18.2 Å². The second kappa shape index (κ2) is 5.88. The van der Waals surface area contributed by atoms with Crippen LogP contribution in [0.2, 0.25) is 0 Å². The van der Waals surface area contributed by atoms with E-state index in [1.54, 1.807) is 7.11 Å². The van der Waals surface area contributed by atoms with Crippen molar-refractivity contribution in [3.63, 3.8) is 0 Å². The third kappa shape index (κ3) is 2.64. The molecule has 1 saturated carbocycles. The smallest absolute Gasteiger partial charge is 0.146 e. The van der Waals surface area contributed by atoms with Gasteiger partial charge in [-0.2, -0.15) is 0 Å². The summed E-state index contributed by atoms with van der Waals surface area (Å²) in [6, 6.07) is 6.11. The first-order valence-corrected chi connectivity index (χ1v) is 8.22. The van der Waals surface area contributed by atoms with Crippen LogP contribution in [0.4, 0.5) is 0 Å². The molecule has 0 spiro atoms. The third-order valence-corrected chi connectivity index (χ3v) is 5.00. The number of rotatable bonds is 4. The van der Waals surface area contributed by atoms with E-state index >= 15 is 0 Å². The van der Waals surface area contributed by atoms with E-state index in [1.165, 1.54) is 19.3 Å². The molecular weight excluding hydrogens is 284 g/mol. The SMILES string of the molecule is COc1cccc2c1nc(C(C)Cl)n2CC1CCCC1C. The average Bonchev–Trinajstić information content (AvgIpc) is 3.04. The summed E-state index contributed by atoms with van der Waals surface area (Å²) in [5.74, 6) is 3.29. The van der Waals surface area contributed by atoms with E-state index in [4.69, 9.17) is 21.3 Å². The van der Waals surface area contributed by atoms with Crippen LogP contribution < -0.4 is 4.74 Å². The maximum Gasteiger partial charge on any atom is 0.146 e. The van der Waals surface area contributed by atoms with E-state index in [-0.39, 0.29) is 5.38 Å². The molecule has 2 aromatic rings. The van der Waals surface area contributed by atoms with Crippen molar-refractivity contribution >= 4 is 22.6 Å².